The second kappa shape index (κ2) is 10.6. The monoisotopic (exact) mass is 424 g/mol. The summed E-state index contributed by atoms with van der Waals surface area (Å²) in [5, 5.41) is 20.1. The summed E-state index contributed by atoms with van der Waals surface area (Å²) in [5.74, 6) is 0.134. The van der Waals surface area contributed by atoms with Gasteiger partial charge < -0.3 is 19.5 Å². The van der Waals surface area contributed by atoms with Crippen LogP contribution in [0.2, 0.25) is 11.3 Å². The van der Waals surface area contributed by atoms with Gasteiger partial charge in [0.1, 0.15) is 5.75 Å². The summed E-state index contributed by atoms with van der Waals surface area (Å²) in [5.41, 5.74) is 4.85. The highest BCUT2D eigenvalue weighted by Gasteiger charge is 2.28. The van der Waals surface area contributed by atoms with E-state index in [-0.39, 0.29) is 11.9 Å². The summed E-state index contributed by atoms with van der Waals surface area (Å²) in [7, 11) is 0.821. The lowest BCUT2D eigenvalue weighted by Crippen LogP contribution is -2.32. The van der Waals surface area contributed by atoms with Crippen LogP contribution < -0.4 is 0 Å². The van der Waals surface area contributed by atoms with Crippen LogP contribution >= 0.6 is 11.6 Å². The maximum atomic E-state index is 10.0. The largest absolute Gasteiger partial charge is 0.508 e. The van der Waals surface area contributed by atoms with Crippen molar-refractivity contribution in [2.75, 3.05) is 13.7 Å². The number of halogens is 1. The Balaban J connectivity index is 1.86. The molecule has 2 N–H and O–H groups in total. The van der Waals surface area contributed by atoms with E-state index in [1.165, 1.54) is 6.07 Å². The smallest absolute Gasteiger partial charge is 0.458 e. The Morgan fingerprint density at radius 1 is 1.30 bits per heavy atom. The van der Waals surface area contributed by atoms with E-state index in [4.69, 9.17) is 21.0 Å². The number of aromatic hydroxyl groups is 1. The van der Waals surface area contributed by atoms with Gasteiger partial charge in [-0.25, -0.2) is 0 Å². The maximum Gasteiger partial charge on any atom is 0.458 e. The Morgan fingerprint density at radius 2 is 2.07 bits per heavy atom. The lowest BCUT2D eigenvalue weighted by molar-refractivity contribution is 0.177. The van der Waals surface area contributed by atoms with Crippen LogP contribution in [0.25, 0.3) is 11.6 Å². The molecule has 0 fully saturated rings. The van der Waals surface area contributed by atoms with Gasteiger partial charge in [-0.15, -0.1) is 0 Å². The highest BCUT2D eigenvalue weighted by atomic mass is 35.5. The molecular formula is C24H26BClO4. The van der Waals surface area contributed by atoms with Crippen molar-refractivity contribution in [3.63, 3.8) is 0 Å². The number of hydrogen-bond acceptors (Lipinski definition) is 4. The fraction of sp³-hybridized carbons (Fsp3) is 0.250. The van der Waals surface area contributed by atoms with Crippen LogP contribution in [0.3, 0.4) is 0 Å². The van der Waals surface area contributed by atoms with Crippen molar-refractivity contribution in [1.29, 1.82) is 0 Å². The molecule has 156 valence electrons. The first-order chi connectivity index (χ1) is 14.5. The Hall–Kier alpha value is -2.31. The number of allylic oxidation sites excluding steroid dienone is 2. The highest BCUT2D eigenvalue weighted by Crippen LogP contribution is 2.32. The number of methoxy groups -OCH3 is 1. The average molecular weight is 425 g/mol. The third-order valence-electron chi connectivity index (χ3n) is 5.07. The van der Waals surface area contributed by atoms with Gasteiger partial charge in [0.25, 0.3) is 0 Å². The van der Waals surface area contributed by atoms with Crippen molar-refractivity contribution >= 4 is 30.4 Å². The van der Waals surface area contributed by atoms with Gasteiger partial charge in [-0.05, 0) is 65.0 Å². The number of phenols is 1. The summed E-state index contributed by atoms with van der Waals surface area (Å²) in [6.45, 7) is 4.53. The average Bonchev–Trinajstić information content (AvgIpc) is 2.73. The maximum absolute atomic E-state index is 10.0. The molecule has 2 aromatic carbocycles. The number of rotatable bonds is 8. The van der Waals surface area contributed by atoms with E-state index in [0.717, 1.165) is 27.8 Å². The van der Waals surface area contributed by atoms with Gasteiger partial charge in [0.15, 0.2) is 0 Å². The molecule has 0 aromatic heterocycles. The molecule has 1 heterocycles. The first-order valence-corrected chi connectivity index (χ1v) is 10.3. The summed E-state index contributed by atoms with van der Waals surface area (Å²) >= 11 is 6.33. The van der Waals surface area contributed by atoms with Crippen molar-refractivity contribution in [2.45, 2.75) is 25.3 Å². The van der Waals surface area contributed by atoms with Crippen LogP contribution in [0.4, 0.5) is 0 Å². The predicted octanol–water partition coefficient (Wildman–Crippen LogP) is 5.37. The van der Waals surface area contributed by atoms with Gasteiger partial charge >= 0.3 is 7.12 Å². The summed E-state index contributed by atoms with van der Waals surface area (Å²) in [6.07, 6.45) is 5.57. The quantitative estimate of drug-likeness (QED) is 0.441. The molecule has 1 aliphatic rings. The van der Waals surface area contributed by atoms with E-state index in [1.54, 1.807) is 19.2 Å². The molecule has 4 nitrogen and oxygen atoms in total. The van der Waals surface area contributed by atoms with Crippen LogP contribution in [0.1, 0.15) is 24.0 Å². The van der Waals surface area contributed by atoms with E-state index >= 15 is 0 Å². The summed E-state index contributed by atoms with van der Waals surface area (Å²) in [6, 6.07) is 15.0. The SMILES string of the molecule is C=C(COC)C1=CCB(O)OC1CC/C(=C/c1ccc(O)cc1Cl)c1ccccc1. The van der Waals surface area contributed by atoms with Crippen molar-refractivity contribution in [2.24, 2.45) is 0 Å². The van der Waals surface area contributed by atoms with Gasteiger partial charge in [-0.2, -0.15) is 0 Å². The standard InChI is InChI=1S/C24H26BClO4/c1-17(16-29-2)22-12-13-25(28)30-24(22)11-9-19(18-6-4-3-5-7-18)14-20-8-10-21(27)15-23(20)26/h3-8,10,12,14-15,24,27-28H,1,9,11,13,16H2,2H3/b19-14-. The van der Waals surface area contributed by atoms with Crippen LogP contribution in [0.15, 0.2) is 72.3 Å². The summed E-state index contributed by atoms with van der Waals surface area (Å²) in [4.78, 5) is 0. The second-order valence-corrected chi connectivity index (χ2v) is 7.70. The molecule has 6 heteroatoms. The molecule has 1 aliphatic heterocycles. The zero-order valence-electron chi connectivity index (χ0n) is 17.1. The van der Waals surface area contributed by atoms with E-state index in [0.29, 0.717) is 30.8 Å². The fourth-order valence-corrected chi connectivity index (χ4v) is 3.82. The minimum atomic E-state index is -0.815. The molecule has 2 aromatic rings. The van der Waals surface area contributed by atoms with Crippen LogP contribution in [0.5, 0.6) is 5.75 Å². The number of ether oxygens (including phenoxy) is 1. The zero-order chi connectivity index (χ0) is 21.5. The van der Waals surface area contributed by atoms with E-state index < -0.39 is 7.12 Å². The van der Waals surface area contributed by atoms with Crippen LogP contribution in [0, 0.1) is 0 Å². The zero-order valence-corrected chi connectivity index (χ0v) is 17.8. The number of benzene rings is 2. The van der Waals surface area contributed by atoms with Crippen LogP contribution in [-0.4, -0.2) is 37.1 Å². The first kappa shape index (κ1) is 22.4. The molecule has 30 heavy (non-hydrogen) atoms. The second-order valence-electron chi connectivity index (χ2n) is 7.29. The summed E-state index contributed by atoms with van der Waals surface area (Å²) < 4.78 is 11.1. The molecule has 0 amide bonds. The first-order valence-electron chi connectivity index (χ1n) is 9.93. The molecule has 1 atom stereocenters. The topological polar surface area (TPSA) is 58.9 Å². The van der Waals surface area contributed by atoms with Gasteiger partial charge in [0, 0.05) is 13.4 Å². The molecule has 0 saturated carbocycles. The van der Waals surface area contributed by atoms with Gasteiger partial charge in [-0.3, -0.25) is 0 Å². The van der Waals surface area contributed by atoms with Crippen molar-refractivity contribution in [1.82, 2.24) is 0 Å². The Morgan fingerprint density at radius 3 is 2.77 bits per heavy atom. The molecule has 3 rings (SSSR count). The van der Waals surface area contributed by atoms with Crippen molar-refractivity contribution < 1.29 is 19.5 Å². The fourth-order valence-electron chi connectivity index (χ4n) is 3.59. The predicted molar refractivity (Wildman–Crippen MR) is 123 cm³/mol. The Bertz CT molecular complexity index is 939. The Labute approximate surface area is 183 Å². The molecule has 0 radical (unpaired) electrons. The molecular weight excluding hydrogens is 399 g/mol. The van der Waals surface area contributed by atoms with E-state index in [9.17, 15) is 10.1 Å². The minimum absolute atomic E-state index is 0.134. The molecule has 0 spiro atoms. The Kier molecular flexibility index (Phi) is 7.94. The molecule has 1 unspecified atom stereocenters. The lowest BCUT2D eigenvalue weighted by atomic mass is 9.78. The van der Waals surface area contributed by atoms with Crippen molar-refractivity contribution in [3.8, 4) is 5.75 Å². The van der Waals surface area contributed by atoms with E-state index in [2.05, 4.69) is 18.7 Å². The van der Waals surface area contributed by atoms with Gasteiger partial charge in [-0.1, -0.05) is 54.6 Å². The number of phenolic OH excluding ortho intramolecular Hbond substituents is 1. The third kappa shape index (κ3) is 5.86. The van der Waals surface area contributed by atoms with Gasteiger partial charge in [0.05, 0.1) is 17.7 Å². The van der Waals surface area contributed by atoms with E-state index in [1.807, 2.05) is 30.4 Å². The molecule has 0 saturated heterocycles. The third-order valence-corrected chi connectivity index (χ3v) is 5.40. The van der Waals surface area contributed by atoms with Crippen molar-refractivity contribution in [3.05, 3.63) is 88.5 Å². The molecule has 0 aliphatic carbocycles. The van der Waals surface area contributed by atoms with Gasteiger partial charge in [0.2, 0.25) is 0 Å². The van der Waals surface area contributed by atoms with Crippen LogP contribution in [-0.2, 0) is 9.39 Å². The highest BCUT2D eigenvalue weighted by molar-refractivity contribution is 6.43. The lowest BCUT2D eigenvalue weighted by Gasteiger charge is -2.28. The number of hydrogen-bond donors (Lipinski definition) is 2. The normalized spacial score (nSPS) is 17.0. The minimum Gasteiger partial charge on any atom is -0.508 e. The molecule has 0 bridgehead atoms.